The van der Waals surface area contributed by atoms with Crippen molar-refractivity contribution in [3.63, 3.8) is 0 Å². The molecule has 0 bridgehead atoms. The molecule has 0 spiro atoms. The van der Waals surface area contributed by atoms with Crippen molar-refractivity contribution in [1.29, 1.82) is 0 Å². The average molecular weight is 419 g/mol. The van der Waals surface area contributed by atoms with E-state index >= 15 is 0 Å². The highest BCUT2D eigenvalue weighted by molar-refractivity contribution is 7.98. The predicted molar refractivity (Wildman–Crippen MR) is 117 cm³/mol. The SMILES string of the molecule is CSc1ncc(C(=O)N2CCC(c3nc4ccccc4o3)CC2)n1-c1ccccc1. The van der Waals surface area contributed by atoms with Gasteiger partial charge in [0.2, 0.25) is 0 Å². The molecule has 0 atom stereocenters. The van der Waals surface area contributed by atoms with Gasteiger partial charge in [0.25, 0.3) is 5.91 Å². The molecular formula is C23H22N4O2S. The number of likely N-dealkylation sites (tertiary alicyclic amines) is 1. The number of carbonyl (C=O) groups excluding carboxylic acids is 1. The topological polar surface area (TPSA) is 64.2 Å². The van der Waals surface area contributed by atoms with Gasteiger partial charge in [-0.25, -0.2) is 9.97 Å². The van der Waals surface area contributed by atoms with Crippen LogP contribution >= 0.6 is 11.8 Å². The van der Waals surface area contributed by atoms with E-state index in [1.165, 1.54) is 11.8 Å². The number of oxazole rings is 1. The molecule has 1 saturated heterocycles. The number of amides is 1. The lowest BCUT2D eigenvalue weighted by molar-refractivity contribution is 0.0698. The van der Waals surface area contributed by atoms with Gasteiger partial charge in [-0.05, 0) is 43.4 Å². The molecule has 0 unspecified atom stereocenters. The Morgan fingerprint density at radius 3 is 2.53 bits per heavy atom. The van der Waals surface area contributed by atoms with Crippen LogP contribution in [0.4, 0.5) is 0 Å². The number of carbonyl (C=O) groups is 1. The van der Waals surface area contributed by atoms with E-state index in [1.54, 1.807) is 6.20 Å². The summed E-state index contributed by atoms with van der Waals surface area (Å²) in [4.78, 5) is 24.4. The minimum absolute atomic E-state index is 0.0164. The number of nitrogens with zero attached hydrogens (tertiary/aromatic N) is 4. The zero-order valence-electron chi connectivity index (χ0n) is 16.7. The zero-order chi connectivity index (χ0) is 20.5. The fraction of sp³-hybridized carbons (Fsp3) is 0.261. The number of thioether (sulfide) groups is 1. The molecule has 1 aliphatic rings. The molecule has 0 aliphatic carbocycles. The Labute approximate surface area is 178 Å². The molecule has 6 nitrogen and oxygen atoms in total. The number of rotatable bonds is 4. The first-order valence-electron chi connectivity index (χ1n) is 10.1. The summed E-state index contributed by atoms with van der Waals surface area (Å²) in [5.41, 5.74) is 3.26. The van der Waals surface area contributed by atoms with Gasteiger partial charge in [-0.1, -0.05) is 42.1 Å². The summed E-state index contributed by atoms with van der Waals surface area (Å²) in [6.07, 6.45) is 5.34. The van der Waals surface area contributed by atoms with Crippen LogP contribution in [-0.4, -0.2) is 44.7 Å². The number of imidazole rings is 1. The van der Waals surface area contributed by atoms with Crippen molar-refractivity contribution in [3.8, 4) is 5.69 Å². The van der Waals surface area contributed by atoms with Gasteiger partial charge in [0, 0.05) is 24.7 Å². The number of fused-ring (bicyclic) bond motifs is 1. The second-order valence-corrected chi connectivity index (χ2v) is 8.16. The monoisotopic (exact) mass is 418 g/mol. The van der Waals surface area contributed by atoms with Gasteiger partial charge in [0.1, 0.15) is 11.2 Å². The van der Waals surface area contributed by atoms with Crippen LogP contribution in [0.1, 0.15) is 35.1 Å². The van der Waals surface area contributed by atoms with E-state index in [-0.39, 0.29) is 11.8 Å². The van der Waals surface area contributed by atoms with Gasteiger partial charge < -0.3 is 9.32 Å². The van der Waals surface area contributed by atoms with E-state index < -0.39 is 0 Å². The minimum Gasteiger partial charge on any atom is -0.440 e. The summed E-state index contributed by atoms with van der Waals surface area (Å²) in [6.45, 7) is 1.35. The normalized spacial score (nSPS) is 15.0. The average Bonchev–Trinajstić information content (AvgIpc) is 3.43. The van der Waals surface area contributed by atoms with Gasteiger partial charge in [-0.15, -0.1) is 0 Å². The fourth-order valence-electron chi connectivity index (χ4n) is 4.01. The highest BCUT2D eigenvalue weighted by atomic mass is 32.2. The van der Waals surface area contributed by atoms with Crippen LogP contribution in [0.25, 0.3) is 16.8 Å². The third kappa shape index (κ3) is 3.39. The lowest BCUT2D eigenvalue weighted by Gasteiger charge is -2.30. The summed E-state index contributed by atoms with van der Waals surface area (Å²) in [5.74, 6) is 1.03. The molecule has 30 heavy (non-hydrogen) atoms. The summed E-state index contributed by atoms with van der Waals surface area (Å²) in [6, 6.07) is 17.7. The summed E-state index contributed by atoms with van der Waals surface area (Å²) in [7, 11) is 0. The molecule has 0 saturated carbocycles. The maximum absolute atomic E-state index is 13.3. The lowest BCUT2D eigenvalue weighted by atomic mass is 9.96. The number of hydrogen-bond acceptors (Lipinski definition) is 5. The third-order valence-electron chi connectivity index (χ3n) is 5.59. The van der Waals surface area contributed by atoms with Crippen molar-refractivity contribution in [2.75, 3.05) is 19.3 Å². The maximum atomic E-state index is 13.3. The van der Waals surface area contributed by atoms with Gasteiger partial charge >= 0.3 is 0 Å². The van der Waals surface area contributed by atoms with Crippen molar-refractivity contribution in [2.45, 2.75) is 23.9 Å². The molecule has 1 aliphatic heterocycles. The Kier molecular flexibility index (Phi) is 5.04. The van der Waals surface area contributed by atoms with Crippen LogP contribution in [0.5, 0.6) is 0 Å². The first kappa shape index (κ1) is 18.9. The van der Waals surface area contributed by atoms with E-state index in [4.69, 9.17) is 4.42 Å². The minimum atomic E-state index is 0.0164. The Hall–Kier alpha value is -3.06. The number of aromatic nitrogens is 3. The Morgan fingerprint density at radius 2 is 1.80 bits per heavy atom. The lowest BCUT2D eigenvalue weighted by Crippen LogP contribution is -2.38. The molecule has 2 aromatic carbocycles. The van der Waals surface area contributed by atoms with Crippen LogP contribution in [-0.2, 0) is 0 Å². The van der Waals surface area contributed by atoms with Crippen LogP contribution in [0.2, 0.25) is 0 Å². The highest BCUT2D eigenvalue weighted by Gasteiger charge is 2.29. The standard InChI is InChI=1S/C23H22N4O2S/c1-30-23-24-15-19(27(23)17-7-3-2-4-8-17)22(28)26-13-11-16(12-14-26)21-25-18-9-5-6-10-20(18)29-21/h2-10,15-16H,11-14H2,1H3. The van der Waals surface area contributed by atoms with Crippen molar-refractivity contribution < 1.29 is 9.21 Å². The molecule has 2 aromatic heterocycles. The highest BCUT2D eigenvalue weighted by Crippen LogP contribution is 2.31. The number of hydrogen-bond donors (Lipinski definition) is 0. The molecule has 7 heteroatoms. The Morgan fingerprint density at radius 1 is 1.07 bits per heavy atom. The third-order valence-corrected chi connectivity index (χ3v) is 6.24. The quantitative estimate of drug-likeness (QED) is 0.447. The summed E-state index contributed by atoms with van der Waals surface area (Å²) < 4.78 is 7.90. The van der Waals surface area contributed by atoms with E-state index in [2.05, 4.69) is 9.97 Å². The zero-order valence-corrected chi connectivity index (χ0v) is 17.5. The van der Waals surface area contributed by atoms with E-state index in [1.807, 2.05) is 70.3 Å². The van der Waals surface area contributed by atoms with E-state index in [0.29, 0.717) is 18.8 Å². The molecule has 152 valence electrons. The molecule has 0 N–H and O–H groups in total. The maximum Gasteiger partial charge on any atom is 0.272 e. The first-order chi connectivity index (χ1) is 14.7. The predicted octanol–water partition coefficient (Wildman–Crippen LogP) is 4.76. The van der Waals surface area contributed by atoms with Gasteiger partial charge in [-0.3, -0.25) is 9.36 Å². The smallest absolute Gasteiger partial charge is 0.272 e. The van der Waals surface area contributed by atoms with Gasteiger partial charge in [0.15, 0.2) is 16.6 Å². The number of piperidine rings is 1. The fourth-order valence-corrected chi connectivity index (χ4v) is 4.56. The molecular weight excluding hydrogens is 396 g/mol. The summed E-state index contributed by atoms with van der Waals surface area (Å²) >= 11 is 1.54. The van der Waals surface area contributed by atoms with Crippen LogP contribution < -0.4 is 0 Å². The molecule has 1 amide bonds. The number of benzene rings is 2. The Balaban J connectivity index is 1.34. The van der Waals surface area contributed by atoms with Gasteiger partial charge in [0.05, 0.1) is 6.20 Å². The van der Waals surface area contributed by atoms with E-state index in [0.717, 1.165) is 40.7 Å². The second kappa shape index (κ2) is 7.99. The molecule has 5 rings (SSSR count). The van der Waals surface area contributed by atoms with Crippen LogP contribution in [0, 0.1) is 0 Å². The number of para-hydroxylation sites is 3. The molecule has 3 heterocycles. The van der Waals surface area contributed by atoms with Crippen molar-refractivity contribution >= 4 is 28.8 Å². The molecule has 1 fully saturated rings. The van der Waals surface area contributed by atoms with Crippen LogP contribution in [0.3, 0.4) is 0 Å². The molecule has 0 radical (unpaired) electrons. The van der Waals surface area contributed by atoms with E-state index in [9.17, 15) is 4.79 Å². The van der Waals surface area contributed by atoms with Crippen LogP contribution in [0.15, 0.2) is 70.4 Å². The largest absolute Gasteiger partial charge is 0.440 e. The van der Waals surface area contributed by atoms with Crippen molar-refractivity contribution in [1.82, 2.24) is 19.4 Å². The van der Waals surface area contributed by atoms with Crippen molar-refractivity contribution in [3.05, 3.63) is 72.4 Å². The summed E-state index contributed by atoms with van der Waals surface area (Å²) in [5, 5.41) is 0.811. The van der Waals surface area contributed by atoms with Crippen molar-refractivity contribution in [2.24, 2.45) is 0 Å². The second-order valence-electron chi connectivity index (χ2n) is 7.39. The van der Waals surface area contributed by atoms with Gasteiger partial charge in [-0.2, -0.15) is 0 Å². The first-order valence-corrected chi connectivity index (χ1v) is 11.3. The molecule has 4 aromatic rings. The Bertz CT molecular complexity index is 1140.